The van der Waals surface area contributed by atoms with Gasteiger partial charge < -0.3 is 5.32 Å². The maximum Gasteiger partial charge on any atom is 0.244 e. The summed E-state index contributed by atoms with van der Waals surface area (Å²) in [4.78, 5) is 11.7. The van der Waals surface area contributed by atoms with Gasteiger partial charge in [-0.1, -0.05) is 49.4 Å². The van der Waals surface area contributed by atoms with E-state index >= 15 is 0 Å². The van der Waals surface area contributed by atoms with Crippen molar-refractivity contribution in [3.63, 3.8) is 0 Å². The van der Waals surface area contributed by atoms with E-state index in [1.165, 1.54) is 23.8 Å². The number of benzene rings is 2. The Morgan fingerprint density at radius 2 is 1.81 bits per heavy atom. The zero-order chi connectivity index (χ0) is 15.1. The van der Waals surface area contributed by atoms with Crippen LogP contribution in [0.4, 0.5) is 4.39 Å². The molecule has 0 saturated carbocycles. The second-order valence-electron chi connectivity index (χ2n) is 4.94. The van der Waals surface area contributed by atoms with Crippen molar-refractivity contribution in [3.8, 4) is 0 Å². The van der Waals surface area contributed by atoms with Crippen LogP contribution in [0.1, 0.15) is 24.0 Å². The highest BCUT2D eigenvalue weighted by Gasteiger charge is 2.05. The molecular formula is C18H18FNO. The van der Waals surface area contributed by atoms with E-state index in [2.05, 4.69) is 12.2 Å². The van der Waals surface area contributed by atoms with Gasteiger partial charge in [-0.25, -0.2) is 4.39 Å². The molecule has 1 N–H and O–H groups in total. The molecule has 1 atom stereocenters. The summed E-state index contributed by atoms with van der Waals surface area (Å²) in [6.45, 7) is 2.65. The Bertz CT molecular complexity index is 605. The Hall–Kier alpha value is -2.42. The molecule has 0 unspecified atom stereocenters. The molecule has 0 saturated heterocycles. The number of halogens is 1. The number of carbonyl (C=O) groups is 1. The van der Waals surface area contributed by atoms with Crippen molar-refractivity contribution in [2.24, 2.45) is 0 Å². The molecule has 3 heteroatoms. The summed E-state index contributed by atoms with van der Waals surface area (Å²) in [6.07, 6.45) is 3.13. The standard InChI is InChI=1S/C18H18FNO/c1-14(16-5-3-2-4-6-16)13-20-18(21)12-9-15-7-10-17(19)11-8-15/h2-12,14H,13H2,1H3,(H,20,21)/b12-9+/t14-/m1/s1. The lowest BCUT2D eigenvalue weighted by Crippen LogP contribution is -2.25. The maximum atomic E-state index is 12.8. The van der Waals surface area contributed by atoms with Gasteiger partial charge in [-0.15, -0.1) is 0 Å². The summed E-state index contributed by atoms with van der Waals surface area (Å²) in [5.41, 5.74) is 1.99. The van der Waals surface area contributed by atoms with Crippen LogP contribution in [0.25, 0.3) is 6.08 Å². The molecular weight excluding hydrogens is 265 g/mol. The number of carbonyl (C=O) groups excluding carboxylic acids is 1. The van der Waals surface area contributed by atoms with Crippen LogP contribution in [0.3, 0.4) is 0 Å². The van der Waals surface area contributed by atoms with Gasteiger partial charge in [0, 0.05) is 12.6 Å². The fourth-order valence-electron chi connectivity index (χ4n) is 1.96. The molecule has 0 spiro atoms. The Kier molecular flexibility index (Phi) is 5.27. The lowest BCUT2D eigenvalue weighted by molar-refractivity contribution is -0.116. The number of hydrogen-bond donors (Lipinski definition) is 1. The highest BCUT2D eigenvalue weighted by Crippen LogP contribution is 2.13. The average molecular weight is 283 g/mol. The minimum absolute atomic E-state index is 0.151. The molecule has 108 valence electrons. The van der Waals surface area contributed by atoms with Gasteiger partial charge in [0.1, 0.15) is 5.82 Å². The van der Waals surface area contributed by atoms with Gasteiger partial charge in [0.2, 0.25) is 5.91 Å². The van der Waals surface area contributed by atoms with Crippen LogP contribution in [0.2, 0.25) is 0 Å². The highest BCUT2D eigenvalue weighted by atomic mass is 19.1. The van der Waals surface area contributed by atoms with Gasteiger partial charge in [0.15, 0.2) is 0 Å². The fraction of sp³-hybridized carbons (Fsp3) is 0.167. The number of amides is 1. The Balaban J connectivity index is 1.83. The Labute approximate surface area is 124 Å². The molecule has 0 bridgehead atoms. The van der Waals surface area contributed by atoms with Crippen LogP contribution in [-0.4, -0.2) is 12.5 Å². The minimum atomic E-state index is -0.284. The average Bonchev–Trinajstić information content (AvgIpc) is 2.53. The van der Waals surface area contributed by atoms with Crippen LogP contribution in [0, 0.1) is 5.82 Å². The SMILES string of the molecule is C[C@H](CNC(=O)/C=C/c1ccc(F)cc1)c1ccccc1. The van der Waals surface area contributed by atoms with Crippen molar-refractivity contribution in [2.45, 2.75) is 12.8 Å². The van der Waals surface area contributed by atoms with Crippen LogP contribution < -0.4 is 5.32 Å². The monoisotopic (exact) mass is 283 g/mol. The number of rotatable bonds is 5. The van der Waals surface area contributed by atoms with E-state index in [1.54, 1.807) is 18.2 Å². The Morgan fingerprint density at radius 3 is 2.48 bits per heavy atom. The molecule has 2 aromatic carbocycles. The summed E-state index contributed by atoms with van der Waals surface area (Å²) in [5, 5.41) is 2.86. The first-order chi connectivity index (χ1) is 10.1. The third kappa shape index (κ3) is 4.88. The van der Waals surface area contributed by atoms with Gasteiger partial charge in [-0.05, 0) is 35.3 Å². The van der Waals surface area contributed by atoms with Crippen LogP contribution in [0.15, 0.2) is 60.7 Å². The molecule has 21 heavy (non-hydrogen) atoms. The molecule has 2 rings (SSSR count). The molecule has 1 amide bonds. The minimum Gasteiger partial charge on any atom is -0.352 e. The summed E-state index contributed by atoms with van der Waals surface area (Å²) in [5.74, 6) is -0.176. The molecule has 0 aliphatic rings. The topological polar surface area (TPSA) is 29.1 Å². The summed E-state index contributed by atoms with van der Waals surface area (Å²) >= 11 is 0. The van der Waals surface area contributed by atoms with Gasteiger partial charge in [0.25, 0.3) is 0 Å². The van der Waals surface area contributed by atoms with Crippen LogP contribution in [0.5, 0.6) is 0 Å². The van der Waals surface area contributed by atoms with E-state index in [4.69, 9.17) is 0 Å². The third-order valence-corrected chi connectivity index (χ3v) is 3.25. The number of nitrogens with one attached hydrogen (secondary N) is 1. The quantitative estimate of drug-likeness (QED) is 0.832. The molecule has 2 aromatic rings. The van der Waals surface area contributed by atoms with Gasteiger partial charge in [-0.2, -0.15) is 0 Å². The normalized spacial score (nSPS) is 12.3. The molecule has 0 radical (unpaired) electrons. The first-order valence-corrected chi connectivity index (χ1v) is 6.91. The van der Waals surface area contributed by atoms with E-state index in [1.807, 2.05) is 30.3 Å². The Morgan fingerprint density at radius 1 is 1.14 bits per heavy atom. The zero-order valence-corrected chi connectivity index (χ0v) is 11.9. The van der Waals surface area contributed by atoms with Crippen molar-refractivity contribution in [1.29, 1.82) is 0 Å². The second kappa shape index (κ2) is 7.39. The molecule has 0 aromatic heterocycles. The first-order valence-electron chi connectivity index (χ1n) is 6.91. The van der Waals surface area contributed by atoms with Gasteiger partial charge in [-0.3, -0.25) is 4.79 Å². The zero-order valence-electron chi connectivity index (χ0n) is 11.9. The third-order valence-electron chi connectivity index (χ3n) is 3.25. The van der Waals surface area contributed by atoms with Crippen LogP contribution in [-0.2, 0) is 4.79 Å². The van der Waals surface area contributed by atoms with E-state index in [0.717, 1.165) is 5.56 Å². The van der Waals surface area contributed by atoms with Crippen molar-refractivity contribution >= 4 is 12.0 Å². The van der Waals surface area contributed by atoms with Gasteiger partial charge >= 0.3 is 0 Å². The lowest BCUT2D eigenvalue weighted by Gasteiger charge is -2.11. The van der Waals surface area contributed by atoms with Crippen molar-refractivity contribution < 1.29 is 9.18 Å². The van der Waals surface area contributed by atoms with E-state index < -0.39 is 0 Å². The molecule has 0 fully saturated rings. The summed E-state index contributed by atoms with van der Waals surface area (Å²) in [7, 11) is 0. The van der Waals surface area contributed by atoms with Crippen molar-refractivity contribution in [3.05, 3.63) is 77.6 Å². The smallest absolute Gasteiger partial charge is 0.244 e. The van der Waals surface area contributed by atoms with E-state index in [0.29, 0.717) is 6.54 Å². The molecule has 0 aliphatic carbocycles. The molecule has 2 nitrogen and oxygen atoms in total. The first kappa shape index (κ1) is 15.0. The molecule has 0 heterocycles. The van der Waals surface area contributed by atoms with E-state index in [9.17, 15) is 9.18 Å². The van der Waals surface area contributed by atoms with Crippen molar-refractivity contribution in [1.82, 2.24) is 5.32 Å². The fourth-order valence-corrected chi connectivity index (χ4v) is 1.96. The van der Waals surface area contributed by atoms with Crippen molar-refractivity contribution in [2.75, 3.05) is 6.54 Å². The lowest BCUT2D eigenvalue weighted by atomic mass is 10.0. The largest absolute Gasteiger partial charge is 0.352 e. The number of hydrogen-bond acceptors (Lipinski definition) is 1. The molecule has 0 aliphatic heterocycles. The highest BCUT2D eigenvalue weighted by molar-refractivity contribution is 5.91. The predicted octanol–water partition coefficient (Wildman–Crippen LogP) is 3.76. The van der Waals surface area contributed by atoms with Crippen LogP contribution >= 0.6 is 0 Å². The van der Waals surface area contributed by atoms with E-state index in [-0.39, 0.29) is 17.6 Å². The maximum absolute atomic E-state index is 12.8. The predicted molar refractivity (Wildman–Crippen MR) is 83.3 cm³/mol. The summed E-state index contributed by atoms with van der Waals surface area (Å²) in [6, 6.07) is 16.0. The van der Waals surface area contributed by atoms with Gasteiger partial charge in [0.05, 0.1) is 0 Å². The second-order valence-corrected chi connectivity index (χ2v) is 4.94. The summed E-state index contributed by atoms with van der Waals surface area (Å²) < 4.78 is 12.8.